The van der Waals surface area contributed by atoms with E-state index in [-0.39, 0.29) is 23.3 Å². The molecule has 4 rings (SSSR count). The van der Waals surface area contributed by atoms with Gasteiger partial charge in [-0.05, 0) is 50.2 Å². The third kappa shape index (κ3) is 4.78. The molecule has 1 amide bonds. The number of hydrogen-bond acceptors (Lipinski definition) is 5. The van der Waals surface area contributed by atoms with Crippen LogP contribution in [-0.2, 0) is 4.79 Å². The van der Waals surface area contributed by atoms with Crippen LogP contribution in [0.1, 0.15) is 13.8 Å². The van der Waals surface area contributed by atoms with Crippen LogP contribution in [0.15, 0.2) is 88.8 Å². The summed E-state index contributed by atoms with van der Waals surface area (Å²) in [5, 5.41) is 0.973. The molecule has 0 saturated heterocycles. The lowest BCUT2D eigenvalue weighted by Crippen LogP contribution is -2.38. The highest BCUT2D eigenvalue weighted by Crippen LogP contribution is 2.25. The summed E-state index contributed by atoms with van der Waals surface area (Å²) in [5.74, 6) is 0.720. The average Bonchev–Trinajstić information content (AvgIpc) is 2.83. The third-order valence-electron chi connectivity index (χ3n) is 5.20. The van der Waals surface area contributed by atoms with Crippen molar-refractivity contribution in [2.24, 2.45) is 0 Å². The summed E-state index contributed by atoms with van der Waals surface area (Å²) >= 11 is 1.25. The molecule has 3 aromatic carbocycles. The monoisotopic (exact) mass is 459 g/mol. The third-order valence-corrected chi connectivity index (χ3v) is 6.12. The van der Waals surface area contributed by atoms with Gasteiger partial charge in [-0.15, -0.1) is 0 Å². The predicted molar refractivity (Wildman–Crippen MR) is 134 cm³/mol. The minimum absolute atomic E-state index is 0.00867. The molecular formula is C26H25N3O3S. The van der Waals surface area contributed by atoms with Crippen molar-refractivity contribution >= 4 is 34.3 Å². The summed E-state index contributed by atoms with van der Waals surface area (Å²) in [6.45, 7) is 3.96. The SMILES string of the molecule is COc1cccc(-n2c(SCC(=O)N(c3ccccc3)C(C)C)nc3ccccc3c2=O)c1. The number of hydrogen-bond donors (Lipinski definition) is 0. The first-order valence-electron chi connectivity index (χ1n) is 10.7. The zero-order valence-electron chi connectivity index (χ0n) is 18.8. The van der Waals surface area contributed by atoms with Crippen LogP contribution in [0.2, 0.25) is 0 Å². The maximum absolute atomic E-state index is 13.4. The molecule has 0 saturated carbocycles. The Morgan fingerprint density at radius 2 is 1.76 bits per heavy atom. The maximum Gasteiger partial charge on any atom is 0.266 e. The van der Waals surface area contributed by atoms with Gasteiger partial charge in [-0.3, -0.25) is 14.2 Å². The number of anilines is 1. The van der Waals surface area contributed by atoms with Gasteiger partial charge in [0.05, 0.1) is 29.5 Å². The number of aromatic nitrogens is 2. The van der Waals surface area contributed by atoms with Gasteiger partial charge in [0.25, 0.3) is 5.56 Å². The van der Waals surface area contributed by atoms with Crippen molar-refractivity contribution in [1.82, 2.24) is 9.55 Å². The van der Waals surface area contributed by atoms with E-state index >= 15 is 0 Å². The van der Waals surface area contributed by atoms with Crippen molar-refractivity contribution in [1.29, 1.82) is 0 Å². The van der Waals surface area contributed by atoms with E-state index in [9.17, 15) is 9.59 Å². The standard InChI is InChI=1S/C26H25N3O3S/c1-18(2)28(19-10-5-4-6-11-19)24(30)17-33-26-27-23-15-8-7-14-22(23)25(31)29(26)20-12-9-13-21(16-20)32-3/h4-16,18H,17H2,1-3H3. The number of fused-ring (bicyclic) bond motifs is 1. The molecule has 0 atom stereocenters. The molecule has 0 radical (unpaired) electrons. The van der Waals surface area contributed by atoms with E-state index in [1.54, 1.807) is 28.7 Å². The lowest BCUT2D eigenvalue weighted by Gasteiger charge is -2.27. The molecule has 168 valence electrons. The van der Waals surface area contributed by atoms with Gasteiger partial charge in [0.1, 0.15) is 5.75 Å². The molecule has 0 bridgehead atoms. The highest BCUT2D eigenvalue weighted by Gasteiger charge is 2.21. The Labute approximate surface area is 196 Å². The summed E-state index contributed by atoms with van der Waals surface area (Å²) in [6, 6.07) is 24.1. The minimum Gasteiger partial charge on any atom is -0.497 e. The van der Waals surface area contributed by atoms with Crippen molar-refractivity contribution in [3.05, 3.63) is 89.2 Å². The van der Waals surface area contributed by atoms with E-state index in [0.29, 0.717) is 27.5 Å². The number of rotatable bonds is 7. The normalized spacial score (nSPS) is 11.0. The molecule has 7 heteroatoms. The fourth-order valence-electron chi connectivity index (χ4n) is 3.70. The molecule has 33 heavy (non-hydrogen) atoms. The van der Waals surface area contributed by atoms with E-state index < -0.39 is 0 Å². The summed E-state index contributed by atoms with van der Waals surface area (Å²) in [5.41, 5.74) is 1.89. The molecule has 0 N–H and O–H groups in total. The highest BCUT2D eigenvalue weighted by atomic mass is 32.2. The van der Waals surface area contributed by atoms with Crippen LogP contribution in [0, 0.1) is 0 Å². The molecular weight excluding hydrogens is 434 g/mol. The number of nitrogens with zero attached hydrogens (tertiary/aromatic N) is 3. The second kappa shape index (κ2) is 9.92. The molecule has 0 fully saturated rings. The fourth-order valence-corrected chi connectivity index (χ4v) is 4.57. The van der Waals surface area contributed by atoms with Gasteiger partial charge in [-0.25, -0.2) is 4.98 Å². The molecule has 0 aliphatic heterocycles. The van der Waals surface area contributed by atoms with E-state index in [2.05, 4.69) is 0 Å². The predicted octanol–water partition coefficient (Wildman–Crippen LogP) is 4.93. The largest absolute Gasteiger partial charge is 0.497 e. The van der Waals surface area contributed by atoms with Crippen LogP contribution in [0.25, 0.3) is 16.6 Å². The van der Waals surface area contributed by atoms with Crippen LogP contribution in [0.3, 0.4) is 0 Å². The Morgan fingerprint density at radius 3 is 2.48 bits per heavy atom. The van der Waals surface area contributed by atoms with Crippen LogP contribution < -0.4 is 15.2 Å². The number of ether oxygens (including phenoxy) is 1. The van der Waals surface area contributed by atoms with Crippen LogP contribution in [-0.4, -0.2) is 34.4 Å². The van der Waals surface area contributed by atoms with E-state index in [1.807, 2.05) is 80.6 Å². The second-order valence-electron chi connectivity index (χ2n) is 7.74. The van der Waals surface area contributed by atoms with Crippen molar-refractivity contribution in [2.75, 3.05) is 17.8 Å². The Morgan fingerprint density at radius 1 is 1.03 bits per heavy atom. The second-order valence-corrected chi connectivity index (χ2v) is 8.68. The Balaban J connectivity index is 1.74. The zero-order valence-corrected chi connectivity index (χ0v) is 19.6. The van der Waals surface area contributed by atoms with Crippen molar-refractivity contribution in [3.63, 3.8) is 0 Å². The number of methoxy groups -OCH3 is 1. The van der Waals surface area contributed by atoms with Crippen LogP contribution in [0.4, 0.5) is 5.69 Å². The summed E-state index contributed by atoms with van der Waals surface area (Å²) in [7, 11) is 1.58. The van der Waals surface area contributed by atoms with Gasteiger partial charge in [0, 0.05) is 17.8 Å². The average molecular weight is 460 g/mol. The fraction of sp³-hybridized carbons (Fsp3) is 0.192. The first-order valence-corrected chi connectivity index (χ1v) is 11.6. The minimum atomic E-state index is -0.187. The van der Waals surface area contributed by atoms with Gasteiger partial charge in [-0.1, -0.05) is 48.2 Å². The van der Waals surface area contributed by atoms with Gasteiger partial charge in [0.2, 0.25) is 5.91 Å². The number of carbonyl (C=O) groups excluding carboxylic acids is 1. The van der Waals surface area contributed by atoms with Crippen LogP contribution in [0.5, 0.6) is 5.75 Å². The number of amides is 1. The van der Waals surface area contributed by atoms with E-state index in [4.69, 9.17) is 9.72 Å². The Hall–Kier alpha value is -3.58. The number of benzene rings is 3. The quantitative estimate of drug-likeness (QED) is 0.290. The first kappa shape index (κ1) is 22.6. The van der Waals surface area contributed by atoms with Gasteiger partial charge < -0.3 is 9.64 Å². The van der Waals surface area contributed by atoms with Crippen molar-refractivity contribution in [3.8, 4) is 11.4 Å². The number of thioether (sulfide) groups is 1. The summed E-state index contributed by atoms with van der Waals surface area (Å²) in [6.07, 6.45) is 0. The van der Waals surface area contributed by atoms with Crippen molar-refractivity contribution in [2.45, 2.75) is 25.0 Å². The van der Waals surface area contributed by atoms with Crippen molar-refractivity contribution < 1.29 is 9.53 Å². The first-order chi connectivity index (χ1) is 16.0. The summed E-state index contributed by atoms with van der Waals surface area (Å²) < 4.78 is 6.89. The van der Waals surface area contributed by atoms with Gasteiger partial charge in [-0.2, -0.15) is 0 Å². The molecule has 1 aromatic heterocycles. The molecule has 0 aliphatic carbocycles. The molecule has 0 spiro atoms. The van der Waals surface area contributed by atoms with Gasteiger partial charge in [0.15, 0.2) is 5.16 Å². The van der Waals surface area contributed by atoms with E-state index in [0.717, 1.165) is 5.69 Å². The zero-order chi connectivity index (χ0) is 23.4. The number of para-hydroxylation sites is 2. The maximum atomic E-state index is 13.4. The van der Waals surface area contributed by atoms with Crippen LogP contribution >= 0.6 is 11.8 Å². The lowest BCUT2D eigenvalue weighted by molar-refractivity contribution is -0.116. The molecule has 0 unspecified atom stereocenters. The molecule has 1 heterocycles. The highest BCUT2D eigenvalue weighted by molar-refractivity contribution is 7.99. The van der Waals surface area contributed by atoms with E-state index in [1.165, 1.54) is 11.8 Å². The molecule has 4 aromatic rings. The smallest absolute Gasteiger partial charge is 0.266 e. The number of carbonyl (C=O) groups is 1. The molecule has 6 nitrogen and oxygen atoms in total. The lowest BCUT2D eigenvalue weighted by atomic mass is 10.2. The molecule has 0 aliphatic rings. The Kier molecular flexibility index (Phi) is 6.79. The summed E-state index contributed by atoms with van der Waals surface area (Å²) in [4.78, 5) is 33.2. The van der Waals surface area contributed by atoms with Gasteiger partial charge >= 0.3 is 0 Å². The Bertz CT molecular complexity index is 1340. The topological polar surface area (TPSA) is 64.4 Å².